The van der Waals surface area contributed by atoms with Gasteiger partial charge in [0.2, 0.25) is 5.91 Å². The number of hydrogen-bond acceptors (Lipinski definition) is 8. The molecule has 4 heterocycles. The fourth-order valence-corrected chi connectivity index (χ4v) is 3.11. The minimum atomic E-state index is -0.0191. The Bertz CT molecular complexity index is 664. The third-order valence-corrected chi connectivity index (χ3v) is 4.19. The Morgan fingerprint density at radius 1 is 1.35 bits per heavy atom. The summed E-state index contributed by atoms with van der Waals surface area (Å²) in [5, 5.41) is 10.8. The van der Waals surface area contributed by atoms with E-state index in [1.807, 2.05) is 0 Å². The van der Waals surface area contributed by atoms with Gasteiger partial charge < -0.3 is 14.5 Å². The van der Waals surface area contributed by atoms with Gasteiger partial charge in [0.15, 0.2) is 0 Å². The Kier molecular flexibility index (Phi) is 3.58. The van der Waals surface area contributed by atoms with Gasteiger partial charge in [-0.25, -0.2) is 9.67 Å². The molecule has 2 aromatic heterocycles. The number of aromatic nitrogens is 6. The molecule has 0 aromatic carbocycles. The molecular weight excluding hydrogens is 300 g/mol. The number of ether oxygens (including phenoxy) is 1. The highest BCUT2D eigenvalue weighted by atomic mass is 16.5. The first-order valence-corrected chi connectivity index (χ1v) is 7.44. The largest absolute Gasteiger partial charge is 0.372 e. The van der Waals surface area contributed by atoms with Gasteiger partial charge >= 0.3 is 0 Å². The molecule has 0 N–H and O–H groups in total. The lowest BCUT2D eigenvalue weighted by Gasteiger charge is -2.37. The second-order valence-electron chi connectivity index (χ2n) is 5.54. The maximum Gasteiger partial charge on any atom is 0.244 e. The van der Waals surface area contributed by atoms with Gasteiger partial charge in [-0.05, 0) is 10.4 Å². The molecule has 0 aliphatic carbocycles. The third kappa shape index (κ3) is 2.72. The van der Waals surface area contributed by atoms with Crippen LogP contribution >= 0.6 is 0 Å². The van der Waals surface area contributed by atoms with Gasteiger partial charge in [0.1, 0.15) is 18.7 Å². The van der Waals surface area contributed by atoms with Crippen LogP contribution in [0.15, 0.2) is 24.9 Å². The monoisotopic (exact) mass is 316 g/mol. The Morgan fingerprint density at radius 2 is 2.30 bits per heavy atom. The lowest BCUT2D eigenvalue weighted by Crippen LogP contribution is -2.51. The Hall–Kier alpha value is -2.62. The molecule has 2 aromatic rings. The first kappa shape index (κ1) is 14.0. The summed E-state index contributed by atoms with van der Waals surface area (Å²) in [6, 6.07) is 0.0956. The van der Waals surface area contributed by atoms with Crippen LogP contribution in [0.2, 0.25) is 0 Å². The summed E-state index contributed by atoms with van der Waals surface area (Å²) in [5.41, 5.74) is 0. The van der Waals surface area contributed by atoms with Crippen molar-refractivity contribution in [1.29, 1.82) is 0 Å². The van der Waals surface area contributed by atoms with Crippen LogP contribution in [0.5, 0.6) is 0 Å². The Labute approximate surface area is 132 Å². The number of carbonyl (C=O) groups is 1. The molecular formula is C13H16N8O2. The van der Waals surface area contributed by atoms with E-state index in [1.165, 1.54) is 11.0 Å². The van der Waals surface area contributed by atoms with Crippen LogP contribution in [0.4, 0.5) is 5.82 Å². The minimum absolute atomic E-state index is 0.0106. The Morgan fingerprint density at radius 3 is 3.09 bits per heavy atom. The fourth-order valence-electron chi connectivity index (χ4n) is 3.11. The summed E-state index contributed by atoms with van der Waals surface area (Å²) < 4.78 is 7.26. The molecule has 120 valence electrons. The van der Waals surface area contributed by atoms with E-state index in [-0.39, 0.29) is 24.6 Å². The molecule has 2 atom stereocenters. The highest BCUT2D eigenvalue weighted by Crippen LogP contribution is 2.26. The standard InChI is InChI=1S/C13H16N8O2/c22-13(8-20-9-16-17-18-20)19-6-10-11(7-19)23-4-3-21(10)12-5-14-1-2-15-12/h1-2,5,9-11H,3-4,6-8H2/t10-,11-/m0/s1. The molecule has 23 heavy (non-hydrogen) atoms. The first-order chi connectivity index (χ1) is 11.3. The quantitative estimate of drug-likeness (QED) is 0.680. The van der Waals surface area contributed by atoms with Crippen molar-refractivity contribution in [2.24, 2.45) is 0 Å². The number of rotatable bonds is 3. The van der Waals surface area contributed by atoms with E-state index in [1.54, 1.807) is 23.5 Å². The summed E-state index contributed by atoms with van der Waals surface area (Å²) >= 11 is 0. The van der Waals surface area contributed by atoms with Crippen LogP contribution in [0.1, 0.15) is 0 Å². The van der Waals surface area contributed by atoms with Crippen LogP contribution in [-0.4, -0.2) is 79.4 Å². The number of carbonyl (C=O) groups excluding carboxylic acids is 1. The highest BCUT2D eigenvalue weighted by molar-refractivity contribution is 5.76. The predicted molar refractivity (Wildman–Crippen MR) is 77.3 cm³/mol. The van der Waals surface area contributed by atoms with E-state index in [9.17, 15) is 4.79 Å². The van der Waals surface area contributed by atoms with Crippen molar-refractivity contribution in [2.45, 2.75) is 18.7 Å². The average molecular weight is 316 g/mol. The van der Waals surface area contributed by atoms with Gasteiger partial charge in [0, 0.05) is 32.0 Å². The molecule has 2 aliphatic heterocycles. The number of nitrogens with zero attached hydrogens (tertiary/aromatic N) is 8. The van der Waals surface area contributed by atoms with E-state index < -0.39 is 0 Å². The van der Waals surface area contributed by atoms with E-state index in [0.29, 0.717) is 19.7 Å². The highest BCUT2D eigenvalue weighted by Gasteiger charge is 2.42. The summed E-state index contributed by atoms with van der Waals surface area (Å²) in [6.45, 7) is 2.67. The molecule has 0 bridgehead atoms. The van der Waals surface area contributed by atoms with Crippen molar-refractivity contribution in [2.75, 3.05) is 31.1 Å². The van der Waals surface area contributed by atoms with Crippen molar-refractivity contribution in [3.8, 4) is 0 Å². The average Bonchev–Trinajstić information content (AvgIpc) is 3.24. The normalized spacial score (nSPS) is 23.8. The molecule has 1 amide bonds. The number of tetrazole rings is 1. The summed E-state index contributed by atoms with van der Waals surface area (Å²) in [6.07, 6.45) is 6.49. The van der Waals surface area contributed by atoms with Gasteiger partial charge in [0.25, 0.3) is 0 Å². The molecule has 0 saturated carbocycles. The maximum atomic E-state index is 12.4. The van der Waals surface area contributed by atoms with E-state index in [0.717, 1.165) is 12.4 Å². The number of morpholine rings is 1. The second kappa shape index (κ2) is 5.88. The second-order valence-corrected chi connectivity index (χ2v) is 5.54. The number of anilines is 1. The van der Waals surface area contributed by atoms with Gasteiger partial charge in [-0.3, -0.25) is 9.78 Å². The van der Waals surface area contributed by atoms with Gasteiger partial charge in [0.05, 0.1) is 24.9 Å². The Balaban J connectivity index is 1.47. The van der Waals surface area contributed by atoms with Crippen molar-refractivity contribution in [3.63, 3.8) is 0 Å². The van der Waals surface area contributed by atoms with Crippen molar-refractivity contribution in [1.82, 2.24) is 35.1 Å². The van der Waals surface area contributed by atoms with Gasteiger partial charge in [-0.15, -0.1) is 5.10 Å². The third-order valence-electron chi connectivity index (χ3n) is 4.19. The lowest BCUT2D eigenvalue weighted by atomic mass is 10.1. The molecule has 0 radical (unpaired) electrons. The minimum Gasteiger partial charge on any atom is -0.372 e. The zero-order chi connectivity index (χ0) is 15.6. The SMILES string of the molecule is O=C(Cn1cnnn1)N1C[C@@H]2OCCN(c3cnccn3)[C@H]2C1. The molecule has 10 heteroatoms. The molecule has 2 fully saturated rings. The van der Waals surface area contributed by atoms with Crippen LogP contribution in [0, 0.1) is 0 Å². The van der Waals surface area contributed by atoms with Crippen LogP contribution < -0.4 is 4.90 Å². The van der Waals surface area contributed by atoms with E-state index in [4.69, 9.17) is 4.74 Å². The number of fused-ring (bicyclic) bond motifs is 1. The van der Waals surface area contributed by atoms with E-state index in [2.05, 4.69) is 30.4 Å². The number of hydrogen-bond donors (Lipinski definition) is 0. The smallest absolute Gasteiger partial charge is 0.244 e. The molecule has 2 saturated heterocycles. The molecule has 0 spiro atoms. The summed E-state index contributed by atoms with van der Waals surface area (Å²) in [5.74, 6) is 0.801. The first-order valence-electron chi connectivity index (χ1n) is 7.44. The van der Waals surface area contributed by atoms with Crippen molar-refractivity contribution in [3.05, 3.63) is 24.9 Å². The summed E-state index contributed by atoms with van der Waals surface area (Å²) in [4.78, 5) is 24.9. The lowest BCUT2D eigenvalue weighted by molar-refractivity contribution is -0.131. The van der Waals surface area contributed by atoms with Gasteiger partial charge in [-0.1, -0.05) is 0 Å². The van der Waals surface area contributed by atoms with Crippen molar-refractivity contribution < 1.29 is 9.53 Å². The topological polar surface area (TPSA) is 102 Å². The summed E-state index contributed by atoms with van der Waals surface area (Å²) in [7, 11) is 0. The maximum absolute atomic E-state index is 12.4. The zero-order valence-corrected chi connectivity index (χ0v) is 12.4. The molecule has 0 unspecified atom stereocenters. The predicted octanol–water partition coefficient (Wildman–Crippen LogP) is -1.42. The molecule has 4 rings (SSSR count). The van der Waals surface area contributed by atoms with E-state index >= 15 is 0 Å². The van der Waals surface area contributed by atoms with Crippen LogP contribution in [0.3, 0.4) is 0 Å². The fraction of sp³-hybridized carbons (Fsp3) is 0.538. The molecule has 2 aliphatic rings. The van der Waals surface area contributed by atoms with Gasteiger partial charge in [-0.2, -0.15) is 0 Å². The number of amides is 1. The number of likely N-dealkylation sites (tertiary alicyclic amines) is 1. The molecule has 10 nitrogen and oxygen atoms in total. The van der Waals surface area contributed by atoms with Crippen LogP contribution in [-0.2, 0) is 16.1 Å². The van der Waals surface area contributed by atoms with Crippen LogP contribution in [0.25, 0.3) is 0 Å². The van der Waals surface area contributed by atoms with Crippen molar-refractivity contribution >= 4 is 11.7 Å². The zero-order valence-electron chi connectivity index (χ0n) is 12.4.